The summed E-state index contributed by atoms with van der Waals surface area (Å²) in [6, 6.07) is 8.22. The van der Waals surface area contributed by atoms with E-state index in [0.29, 0.717) is 12.0 Å². The summed E-state index contributed by atoms with van der Waals surface area (Å²) in [5.74, 6) is 0. The maximum absolute atomic E-state index is 11.8. The Bertz CT molecular complexity index is 438. The summed E-state index contributed by atoms with van der Waals surface area (Å²) >= 11 is 1.72. The number of hydrogen-bond donors (Lipinski definition) is 2. The Morgan fingerprint density at radius 2 is 1.85 bits per heavy atom. The number of carbonyl (C=O) groups excluding carboxylic acids is 1. The fraction of sp³-hybridized carbons (Fsp3) is 0.562. The highest BCUT2D eigenvalue weighted by molar-refractivity contribution is 7.98. The van der Waals surface area contributed by atoms with Crippen molar-refractivity contribution < 1.29 is 4.79 Å². The molecule has 20 heavy (non-hydrogen) atoms. The van der Waals surface area contributed by atoms with E-state index in [1.807, 2.05) is 0 Å². The van der Waals surface area contributed by atoms with E-state index in [1.54, 1.807) is 11.8 Å². The first-order valence-corrected chi connectivity index (χ1v) is 8.48. The SMILES string of the molecule is CSc1ccc(CNC(=O)NCC2(C)CCCC2)cc1. The highest BCUT2D eigenvalue weighted by atomic mass is 32.2. The van der Waals surface area contributed by atoms with Gasteiger partial charge in [-0.3, -0.25) is 0 Å². The Labute approximate surface area is 125 Å². The van der Waals surface area contributed by atoms with Crippen molar-refractivity contribution in [3.8, 4) is 0 Å². The molecule has 1 aliphatic rings. The van der Waals surface area contributed by atoms with Crippen LogP contribution >= 0.6 is 11.8 Å². The second-order valence-corrected chi connectivity index (χ2v) is 6.78. The van der Waals surface area contributed by atoms with Crippen LogP contribution in [0.25, 0.3) is 0 Å². The molecule has 0 bridgehead atoms. The lowest BCUT2D eigenvalue weighted by Crippen LogP contribution is -2.40. The molecule has 1 aromatic rings. The molecule has 2 N–H and O–H groups in total. The van der Waals surface area contributed by atoms with E-state index < -0.39 is 0 Å². The van der Waals surface area contributed by atoms with Crippen LogP contribution in [0.4, 0.5) is 4.79 Å². The predicted octanol–water partition coefficient (Wildman–Crippen LogP) is 3.79. The quantitative estimate of drug-likeness (QED) is 0.811. The fourth-order valence-electron chi connectivity index (χ4n) is 2.69. The Morgan fingerprint density at radius 1 is 1.20 bits per heavy atom. The lowest BCUT2D eigenvalue weighted by atomic mass is 9.89. The van der Waals surface area contributed by atoms with Crippen LogP contribution in [0.1, 0.15) is 38.2 Å². The van der Waals surface area contributed by atoms with Crippen molar-refractivity contribution in [1.82, 2.24) is 10.6 Å². The van der Waals surface area contributed by atoms with Gasteiger partial charge in [0.05, 0.1) is 0 Å². The third-order valence-electron chi connectivity index (χ3n) is 4.10. The van der Waals surface area contributed by atoms with Crippen molar-refractivity contribution in [2.75, 3.05) is 12.8 Å². The zero-order valence-corrected chi connectivity index (χ0v) is 13.2. The molecule has 0 aromatic heterocycles. The highest BCUT2D eigenvalue weighted by Gasteiger charge is 2.28. The van der Waals surface area contributed by atoms with E-state index >= 15 is 0 Å². The van der Waals surface area contributed by atoms with Gasteiger partial charge in [-0.2, -0.15) is 0 Å². The highest BCUT2D eigenvalue weighted by Crippen LogP contribution is 2.36. The van der Waals surface area contributed by atoms with Gasteiger partial charge in [0.25, 0.3) is 0 Å². The number of nitrogens with one attached hydrogen (secondary N) is 2. The van der Waals surface area contributed by atoms with E-state index in [0.717, 1.165) is 12.1 Å². The molecule has 2 rings (SSSR count). The van der Waals surface area contributed by atoms with Crippen molar-refractivity contribution in [3.63, 3.8) is 0 Å². The molecule has 0 unspecified atom stereocenters. The average molecular weight is 292 g/mol. The van der Waals surface area contributed by atoms with Crippen molar-refractivity contribution in [2.45, 2.75) is 44.0 Å². The van der Waals surface area contributed by atoms with Gasteiger partial charge >= 0.3 is 6.03 Å². The number of hydrogen-bond acceptors (Lipinski definition) is 2. The maximum Gasteiger partial charge on any atom is 0.315 e. The third-order valence-corrected chi connectivity index (χ3v) is 4.84. The lowest BCUT2D eigenvalue weighted by Gasteiger charge is -2.23. The summed E-state index contributed by atoms with van der Waals surface area (Å²) in [5, 5.41) is 5.92. The monoisotopic (exact) mass is 292 g/mol. The van der Waals surface area contributed by atoms with E-state index in [9.17, 15) is 4.79 Å². The minimum absolute atomic E-state index is 0.0629. The van der Waals surface area contributed by atoms with Crippen molar-refractivity contribution >= 4 is 17.8 Å². The van der Waals surface area contributed by atoms with Gasteiger partial charge in [-0.1, -0.05) is 31.9 Å². The first-order valence-electron chi connectivity index (χ1n) is 7.26. The summed E-state index contributed by atoms with van der Waals surface area (Å²) in [6.45, 7) is 3.63. The second kappa shape index (κ2) is 7.02. The van der Waals surface area contributed by atoms with E-state index in [-0.39, 0.29) is 6.03 Å². The van der Waals surface area contributed by atoms with Crippen molar-refractivity contribution in [3.05, 3.63) is 29.8 Å². The summed E-state index contributed by atoms with van der Waals surface area (Å²) in [6.07, 6.45) is 7.10. The van der Waals surface area contributed by atoms with Gasteiger partial charge in [-0.05, 0) is 42.2 Å². The minimum atomic E-state index is -0.0629. The summed E-state index contributed by atoms with van der Waals surface area (Å²) in [5.41, 5.74) is 1.43. The zero-order chi connectivity index (χ0) is 14.4. The van der Waals surface area contributed by atoms with E-state index in [1.165, 1.54) is 30.6 Å². The van der Waals surface area contributed by atoms with Gasteiger partial charge in [-0.15, -0.1) is 11.8 Å². The first kappa shape index (κ1) is 15.2. The van der Waals surface area contributed by atoms with Crippen LogP contribution in [-0.2, 0) is 6.54 Å². The molecule has 0 spiro atoms. The Kier molecular flexibility index (Phi) is 5.35. The molecule has 0 radical (unpaired) electrons. The van der Waals surface area contributed by atoms with Gasteiger partial charge in [0, 0.05) is 18.0 Å². The number of amides is 2. The van der Waals surface area contributed by atoms with Crippen LogP contribution in [0.3, 0.4) is 0 Å². The molecule has 0 saturated heterocycles. The van der Waals surface area contributed by atoms with Gasteiger partial charge in [0.2, 0.25) is 0 Å². The molecule has 0 aliphatic heterocycles. The number of thioether (sulfide) groups is 1. The molecule has 110 valence electrons. The van der Waals surface area contributed by atoms with Gasteiger partial charge in [-0.25, -0.2) is 4.79 Å². The molecule has 1 aliphatic carbocycles. The first-order chi connectivity index (χ1) is 9.61. The summed E-state index contributed by atoms with van der Waals surface area (Å²) < 4.78 is 0. The number of carbonyl (C=O) groups is 1. The largest absolute Gasteiger partial charge is 0.338 e. The normalized spacial score (nSPS) is 16.9. The molecule has 0 atom stereocenters. The van der Waals surface area contributed by atoms with E-state index in [4.69, 9.17) is 0 Å². The lowest BCUT2D eigenvalue weighted by molar-refractivity contribution is 0.231. The maximum atomic E-state index is 11.8. The van der Waals surface area contributed by atoms with Crippen molar-refractivity contribution in [2.24, 2.45) is 5.41 Å². The molecular formula is C16H24N2OS. The topological polar surface area (TPSA) is 41.1 Å². The van der Waals surface area contributed by atoms with Crippen LogP contribution in [0.15, 0.2) is 29.2 Å². The zero-order valence-electron chi connectivity index (χ0n) is 12.4. The van der Waals surface area contributed by atoms with Crippen LogP contribution in [0, 0.1) is 5.41 Å². The number of urea groups is 1. The molecule has 0 heterocycles. The third kappa shape index (κ3) is 4.44. The summed E-state index contributed by atoms with van der Waals surface area (Å²) in [4.78, 5) is 13.1. The molecule has 1 fully saturated rings. The Balaban J connectivity index is 1.71. The van der Waals surface area contributed by atoms with Crippen LogP contribution in [0.5, 0.6) is 0 Å². The molecule has 3 nitrogen and oxygen atoms in total. The molecule has 4 heteroatoms. The number of benzene rings is 1. The van der Waals surface area contributed by atoms with Crippen LogP contribution in [-0.4, -0.2) is 18.8 Å². The Hall–Kier alpha value is -1.16. The number of rotatable bonds is 5. The summed E-state index contributed by atoms with van der Waals surface area (Å²) in [7, 11) is 0. The average Bonchev–Trinajstić information content (AvgIpc) is 2.91. The minimum Gasteiger partial charge on any atom is -0.338 e. The molecule has 1 saturated carbocycles. The van der Waals surface area contributed by atoms with Gasteiger partial charge in [0.15, 0.2) is 0 Å². The van der Waals surface area contributed by atoms with Gasteiger partial charge < -0.3 is 10.6 Å². The van der Waals surface area contributed by atoms with Crippen LogP contribution in [0.2, 0.25) is 0 Å². The Morgan fingerprint density at radius 3 is 2.45 bits per heavy atom. The predicted molar refractivity (Wildman–Crippen MR) is 85.0 cm³/mol. The van der Waals surface area contributed by atoms with E-state index in [2.05, 4.69) is 48.1 Å². The standard InChI is InChI=1S/C16H24N2OS/c1-16(9-3-4-10-16)12-18-15(19)17-11-13-5-7-14(20-2)8-6-13/h5-8H,3-4,9-12H2,1-2H3,(H2,17,18,19). The van der Waals surface area contributed by atoms with Crippen LogP contribution < -0.4 is 10.6 Å². The second-order valence-electron chi connectivity index (χ2n) is 5.90. The van der Waals surface area contributed by atoms with Gasteiger partial charge in [0.1, 0.15) is 0 Å². The smallest absolute Gasteiger partial charge is 0.315 e. The molecular weight excluding hydrogens is 268 g/mol. The molecule has 1 aromatic carbocycles. The molecule has 2 amide bonds. The van der Waals surface area contributed by atoms with Crippen molar-refractivity contribution in [1.29, 1.82) is 0 Å². The fourth-order valence-corrected chi connectivity index (χ4v) is 3.10.